The molecular formula is C15H25N5O3. The number of carbonyl (C=O) groups is 1. The van der Waals surface area contributed by atoms with Crippen molar-refractivity contribution in [3.8, 4) is 6.01 Å². The van der Waals surface area contributed by atoms with E-state index in [1.165, 1.54) is 20.0 Å². The van der Waals surface area contributed by atoms with E-state index in [1.54, 1.807) is 0 Å². The summed E-state index contributed by atoms with van der Waals surface area (Å²) < 4.78 is 5.14. The number of methoxy groups -OCH3 is 1. The van der Waals surface area contributed by atoms with Gasteiger partial charge in [-0.1, -0.05) is 26.7 Å². The van der Waals surface area contributed by atoms with E-state index in [9.17, 15) is 9.90 Å². The van der Waals surface area contributed by atoms with Gasteiger partial charge < -0.3 is 20.1 Å². The van der Waals surface area contributed by atoms with Gasteiger partial charge in [0.25, 0.3) is 0 Å². The summed E-state index contributed by atoms with van der Waals surface area (Å²) in [6, 6.07) is -0.575. The normalized spacial score (nSPS) is 16.8. The Morgan fingerprint density at radius 3 is 2.35 bits per heavy atom. The Morgan fingerprint density at radius 1 is 1.17 bits per heavy atom. The van der Waals surface area contributed by atoms with Crippen LogP contribution in [0.5, 0.6) is 6.01 Å². The van der Waals surface area contributed by atoms with Gasteiger partial charge in [-0.2, -0.15) is 15.0 Å². The first kappa shape index (κ1) is 17.2. The van der Waals surface area contributed by atoms with E-state index in [4.69, 9.17) is 4.74 Å². The first-order valence-corrected chi connectivity index (χ1v) is 8.05. The molecule has 128 valence electrons. The predicted octanol–water partition coefficient (Wildman–Crippen LogP) is 1.78. The van der Waals surface area contributed by atoms with Crippen LogP contribution in [0.2, 0.25) is 0 Å². The maximum atomic E-state index is 11.4. The van der Waals surface area contributed by atoms with Crippen molar-refractivity contribution in [1.29, 1.82) is 0 Å². The highest BCUT2D eigenvalue weighted by atomic mass is 16.5. The van der Waals surface area contributed by atoms with E-state index in [-0.39, 0.29) is 17.9 Å². The molecule has 0 spiro atoms. The number of aromatic nitrogens is 3. The molecule has 0 radical (unpaired) electrons. The van der Waals surface area contributed by atoms with Crippen LogP contribution in [0.4, 0.5) is 11.9 Å². The first-order chi connectivity index (χ1) is 11.0. The van der Waals surface area contributed by atoms with Crippen molar-refractivity contribution in [2.45, 2.75) is 45.6 Å². The summed E-state index contributed by atoms with van der Waals surface area (Å²) >= 11 is 0. The van der Waals surface area contributed by atoms with Gasteiger partial charge in [0.05, 0.1) is 7.11 Å². The van der Waals surface area contributed by atoms with Crippen LogP contribution in [0, 0.1) is 5.92 Å². The van der Waals surface area contributed by atoms with Crippen LogP contribution in [-0.2, 0) is 4.79 Å². The number of hydrogen-bond donors (Lipinski definition) is 2. The topological polar surface area (TPSA) is 100 Å². The largest absolute Gasteiger partial charge is 0.480 e. The third kappa shape index (κ3) is 4.67. The fourth-order valence-corrected chi connectivity index (χ4v) is 2.57. The van der Waals surface area contributed by atoms with E-state index in [2.05, 4.69) is 25.2 Å². The van der Waals surface area contributed by atoms with Crippen LogP contribution in [-0.4, -0.2) is 52.3 Å². The predicted molar refractivity (Wildman–Crippen MR) is 86.9 cm³/mol. The van der Waals surface area contributed by atoms with Gasteiger partial charge in [0, 0.05) is 13.1 Å². The summed E-state index contributed by atoms with van der Waals surface area (Å²) in [7, 11) is 1.49. The lowest BCUT2D eigenvalue weighted by Gasteiger charge is -2.22. The molecule has 1 aliphatic heterocycles. The van der Waals surface area contributed by atoms with Gasteiger partial charge in [0.1, 0.15) is 6.04 Å². The van der Waals surface area contributed by atoms with Gasteiger partial charge in [-0.15, -0.1) is 0 Å². The Morgan fingerprint density at radius 2 is 1.83 bits per heavy atom. The van der Waals surface area contributed by atoms with Crippen molar-refractivity contribution in [2.75, 3.05) is 30.4 Å². The molecule has 1 aromatic rings. The highest BCUT2D eigenvalue weighted by molar-refractivity contribution is 5.76. The molecule has 0 aliphatic carbocycles. The molecule has 1 atom stereocenters. The molecule has 1 fully saturated rings. The molecule has 0 aromatic carbocycles. The van der Waals surface area contributed by atoms with E-state index >= 15 is 0 Å². The van der Waals surface area contributed by atoms with Gasteiger partial charge in [0.15, 0.2) is 0 Å². The van der Waals surface area contributed by atoms with Crippen LogP contribution in [0.3, 0.4) is 0 Å². The van der Waals surface area contributed by atoms with Gasteiger partial charge in [0.2, 0.25) is 11.9 Å². The number of aliphatic carboxylic acids is 1. The number of anilines is 2. The lowest BCUT2D eigenvalue weighted by molar-refractivity contribution is -0.138. The van der Waals surface area contributed by atoms with Gasteiger partial charge in [-0.05, 0) is 18.8 Å². The van der Waals surface area contributed by atoms with Gasteiger partial charge in [-0.3, -0.25) is 0 Å². The first-order valence-electron chi connectivity index (χ1n) is 8.05. The number of nitrogens with one attached hydrogen (secondary N) is 1. The molecule has 2 rings (SSSR count). The summed E-state index contributed by atoms with van der Waals surface area (Å²) in [5.41, 5.74) is 0. The zero-order chi connectivity index (χ0) is 16.8. The zero-order valence-corrected chi connectivity index (χ0v) is 13.9. The standard InChI is InChI=1S/C15H25N5O3/c1-10(2)11(12(21)22)16-13-17-14(19-15(18-13)23-3)20-8-6-4-5-7-9-20/h10-11H,4-9H2,1-3H3,(H,21,22)(H,16,17,18,19)/t11-/m0/s1. The third-order valence-electron chi connectivity index (χ3n) is 3.89. The lowest BCUT2D eigenvalue weighted by atomic mass is 10.1. The Bertz CT molecular complexity index is 530. The summed E-state index contributed by atoms with van der Waals surface area (Å²) in [6.45, 7) is 5.44. The Balaban J connectivity index is 2.25. The Kier molecular flexibility index (Phi) is 5.95. The second-order valence-electron chi connectivity index (χ2n) is 6.05. The molecule has 1 saturated heterocycles. The Labute approximate surface area is 136 Å². The van der Waals surface area contributed by atoms with Crippen molar-refractivity contribution in [3.05, 3.63) is 0 Å². The molecule has 0 saturated carbocycles. The van der Waals surface area contributed by atoms with Crippen LogP contribution < -0.4 is 15.0 Å². The molecule has 2 N–H and O–H groups in total. The van der Waals surface area contributed by atoms with Crippen molar-refractivity contribution in [2.24, 2.45) is 5.92 Å². The minimum Gasteiger partial charge on any atom is -0.480 e. The molecule has 2 heterocycles. The molecule has 1 aromatic heterocycles. The highest BCUT2D eigenvalue weighted by Gasteiger charge is 2.24. The van der Waals surface area contributed by atoms with Crippen LogP contribution in [0.25, 0.3) is 0 Å². The van der Waals surface area contributed by atoms with Crippen molar-refractivity contribution in [3.63, 3.8) is 0 Å². The van der Waals surface area contributed by atoms with Gasteiger partial charge >= 0.3 is 12.0 Å². The van der Waals surface area contributed by atoms with Crippen LogP contribution >= 0.6 is 0 Å². The number of carboxylic acids is 1. The molecule has 8 nitrogen and oxygen atoms in total. The number of hydrogen-bond acceptors (Lipinski definition) is 7. The SMILES string of the molecule is COc1nc(N[C@H](C(=O)O)C(C)C)nc(N2CCCCCC2)n1. The van der Waals surface area contributed by atoms with E-state index < -0.39 is 12.0 Å². The van der Waals surface area contributed by atoms with Crippen LogP contribution in [0.1, 0.15) is 39.5 Å². The third-order valence-corrected chi connectivity index (χ3v) is 3.89. The number of carboxylic acid groups (broad SMARTS) is 1. The average Bonchev–Trinajstić information content (AvgIpc) is 2.81. The van der Waals surface area contributed by atoms with Gasteiger partial charge in [-0.25, -0.2) is 4.79 Å². The van der Waals surface area contributed by atoms with Crippen molar-refractivity contribution >= 4 is 17.9 Å². The minimum absolute atomic E-state index is 0.100. The number of rotatable bonds is 6. The fourth-order valence-electron chi connectivity index (χ4n) is 2.57. The summed E-state index contributed by atoms with van der Waals surface area (Å²) in [5, 5.41) is 12.2. The summed E-state index contributed by atoms with van der Waals surface area (Å²) in [5.74, 6) is -0.265. The molecule has 1 aliphatic rings. The number of nitrogens with zero attached hydrogens (tertiary/aromatic N) is 4. The fraction of sp³-hybridized carbons (Fsp3) is 0.733. The molecular weight excluding hydrogens is 298 g/mol. The second kappa shape index (κ2) is 7.94. The summed E-state index contributed by atoms with van der Waals surface area (Å²) in [6.07, 6.45) is 4.61. The molecule has 23 heavy (non-hydrogen) atoms. The quantitative estimate of drug-likeness (QED) is 0.817. The monoisotopic (exact) mass is 323 g/mol. The van der Waals surface area contributed by atoms with Crippen molar-refractivity contribution < 1.29 is 14.6 Å². The van der Waals surface area contributed by atoms with E-state index in [1.807, 2.05) is 13.8 Å². The maximum absolute atomic E-state index is 11.4. The number of ether oxygens (including phenoxy) is 1. The summed E-state index contributed by atoms with van der Waals surface area (Å²) in [4.78, 5) is 26.3. The Hall–Kier alpha value is -2.12. The van der Waals surface area contributed by atoms with E-state index in [0.29, 0.717) is 5.95 Å². The molecule has 0 amide bonds. The zero-order valence-electron chi connectivity index (χ0n) is 13.9. The molecule has 0 bridgehead atoms. The molecule has 0 unspecified atom stereocenters. The minimum atomic E-state index is -0.935. The highest BCUT2D eigenvalue weighted by Crippen LogP contribution is 2.20. The smallest absolute Gasteiger partial charge is 0.326 e. The van der Waals surface area contributed by atoms with Crippen molar-refractivity contribution in [1.82, 2.24) is 15.0 Å². The second-order valence-corrected chi connectivity index (χ2v) is 6.05. The van der Waals surface area contributed by atoms with Crippen LogP contribution in [0.15, 0.2) is 0 Å². The maximum Gasteiger partial charge on any atom is 0.326 e. The molecule has 8 heteroatoms. The average molecular weight is 323 g/mol. The lowest BCUT2D eigenvalue weighted by Crippen LogP contribution is -2.35. The van der Waals surface area contributed by atoms with E-state index in [0.717, 1.165) is 25.9 Å².